The van der Waals surface area contributed by atoms with Crippen LogP contribution in [0.4, 0.5) is 5.69 Å². The summed E-state index contributed by atoms with van der Waals surface area (Å²) < 4.78 is 10.0. The quantitative estimate of drug-likeness (QED) is 0.861. The molecule has 2 aromatic carbocycles. The number of ether oxygens (including phenoxy) is 2. The normalized spacial score (nSPS) is 11.6. The van der Waals surface area contributed by atoms with Gasteiger partial charge < -0.3 is 14.8 Å². The van der Waals surface area contributed by atoms with Crippen LogP contribution in [-0.2, 0) is 14.3 Å². The van der Waals surface area contributed by atoms with Crippen LogP contribution in [0.15, 0.2) is 48.5 Å². The number of carbonyl (C=O) groups is 2. The van der Waals surface area contributed by atoms with Crippen molar-refractivity contribution in [3.63, 3.8) is 0 Å². The molecule has 0 aliphatic carbocycles. The molecule has 0 unspecified atom stereocenters. The van der Waals surface area contributed by atoms with E-state index in [9.17, 15) is 9.59 Å². The lowest BCUT2D eigenvalue weighted by atomic mass is 10.1. The van der Waals surface area contributed by atoms with E-state index in [1.54, 1.807) is 25.1 Å². The molecule has 120 valence electrons. The summed E-state index contributed by atoms with van der Waals surface area (Å²) in [5.74, 6) is -0.742. The highest BCUT2D eigenvalue weighted by molar-refractivity contribution is 5.98. The van der Waals surface area contributed by atoms with Gasteiger partial charge in [-0.15, -0.1) is 0 Å². The van der Waals surface area contributed by atoms with Crippen molar-refractivity contribution in [3.8, 4) is 0 Å². The number of hydrogen-bond acceptors (Lipinski definition) is 4. The first-order chi connectivity index (χ1) is 11.1. The molecule has 0 aromatic heterocycles. The van der Waals surface area contributed by atoms with Crippen molar-refractivity contribution < 1.29 is 19.1 Å². The number of nitrogens with one attached hydrogen (secondary N) is 1. The number of anilines is 1. The van der Waals surface area contributed by atoms with E-state index in [-0.39, 0.29) is 5.91 Å². The van der Waals surface area contributed by atoms with E-state index in [2.05, 4.69) is 5.32 Å². The van der Waals surface area contributed by atoms with Crippen LogP contribution in [0.5, 0.6) is 0 Å². The summed E-state index contributed by atoms with van der Waals surface area (Å²) in [6.07, 6.45) is -0.725. The van der Waals surface area contributed by atoms with Crippen LogP contribution in [0.25, 0.3) is 0 Å². The van der Waals surface area contributed by atoms with E-state index in [0.717, 1.165) is 5.56 Å². The number of carbonyl (C=O) groups excluding carboxylic acids is 2. The van der Waals surface area contributed by atoms with E-state index in [1.165, 1.54) is 14.2 Å². The molecule has 23 heavy (non-hydrogen) atoms. The number of rotatable bonds is 5. The maximum Gasteiger partial charge on any atom is 0.338 e. The van der Waals surface area contributed by atoms with Gasteiger partial charge in [-0.2, -0.15) is 0 Å². The Balaban J connectivity index is 2.24. The second-order valence-electron chi connectivity index (χ2n) is 4.99. The Kier molecular flexibility index (Phi) is 5.49. The van der Waals surface area contributed by atoms with Crippen LogP contribution in [0, 0.1) is 6.92 Å². The predicted molar refractivity (Wildman–Crippen MR) is 87.3 cm³/mol. The van der Waals surface area contributed by atoms with Crippen LogP contribution in [0.1, 0.15) is 27.6 Å². The third-order valence-corrected chi connectivity index (χ3v) is 3.57. The van der Waals surface area contributed by atoms with Gasteiger partial charge in [0.15, 0.2) is 6.10 Å². The minimum atomic E-state index is -0.725. The van der Waals surface area contributed by atoms with E-state index in [1.807, 2.05) is 30.3 Å². The lowest BCUT2D eigenvalue weighted by Gasteiger charge is -2.17. The van der Waals surface area contributed by atoms with Crippen molar-refractivity contribution in [2.24, 2.45) is 0 Å². The fourth-order valence-electron chi connectivity index (χ4n) is 2.32. The predicted octanol–water partition coefficient (Wildman–Crippen LogP) is 3.11. The maximum absolute atomic E-state index is 12.5. The van der Waals surface area contributed by atoms with Crippen molar-refractivity contribution in [1.82, 2.24) is 0 Å². The zero-order chi connectivity index (χ0) is 16.8. The Morgan fingerprint density at radius 2 is 1.70 bits per heavy atom. The van der Waals surface area contributed by atoms with Gasteiger partial charge in [-0.25, -0.2) is 4.79 Å². The zero-order valence-electron chi connectivity index (χ0n) is 13.3. The van der Waals surface area contributed by atoms with Gasteiger partial charge in [0.25, 0.3) is 5.91 Å². The molecule has 1 atom stereocenters. The smallest absolute Gasteiger partial charge is 0.338 e. The lowest BCUT2D eigenvalue weighted by molar-refractivity contribution is -0.126. The molecule has 0 fully saturated rings. The molecular weight excluding hydrogens is 294 g/mol. The maximum atomic E-state index is 12.5. The molecule has 5 heteroatoms. The highest BCUT2D eigenvalue weighted by Crippen LogP contribution is 2.23. The van der Waals surface area contributed by atoms with Gasteiger partial charge >= 0.3 is 5.97 Å². The summed E-state index contributed by atoms with van der Waals surface area (Å²) in [4.78, 5) is 24.2. The largest absolute Gasteiger partial charge is 0.465 e. The third kappa shape index (κ3) is 3.76. The zero-order valence-corrected chi connectivity index (χ0v) is 13.3. The Morgan fingerprint density at radius 3 is 2.30 bits per heavy atom. The number of hydrogen-bond donors (Lipinski definition) is 1. The Labute approximate surface area is 135 Å². The average Bonchev–Trinajstić information content (AvgIpc) is 2.57. The van der Waals surface area contributed by atoms with Crippen molar-refractivity contribution in [1.29, 1.82) is 0 Å². The Morgan fingerprint density at radius 1 is 1.00 bits per heavy atom. The molecule has 2 aromatic rings. The summed E-state index contributed by atoms with van der Waals surface area (Å²) in [6.45, 7) is 1.76. The summed E-state index contributed by atoms with van der Waals surface area (Å²) in [5.41, 5.74) is 2.37. The van der Waals surface area contributed by atoms with Crippen molar-refractivity contribution >= 4 is 17.6 Å². The molecule has 0 heterocycles. The Hall–Kier alpha value is -2.66. The second kappa shape index (κ2) is 7.56. The van der Waals surface area contributed by atoms with Gasteiger partial charge in [0.2, 0.25) is 0 Å². The van der Waals surface area contributed by atoms with Crippen LogP contribution >= 0.6 is 0 Å². The van der Waals surface area contributed by atoms with Crippen molar-refractivity contribution in [2.45, 2.75) is 13.0 Å². The van der Waals surface area contributed by atoms with E-state index in [0.29, 0.717) is 16.8 Å². The highest BCUT2D eigenvalue weighted by atomic mass is 16.5. The van der Waals surface area contributed by atoms with Crippen LogP contribution in [0.2, 0.25) is 0 Å². The van der Waals surface area contributed by atoms with Gasteiger partial charge in [0.05, 0.1) is 12.7 Å². The van der Waals surface area contributed by atoms with Crippen molar-refractivity contribution in [3.05, 3.63) is 65.2 Å². The fraction of sp³-hybridized carbons (Fsp3) is 0.222. The van der Waals surface area contributed by atoms with Gasteiger partial charge in [-0.3, -0.25) is 4.79 Å². The van der Waals surface area contributed by atoms with Gasteiger partial charge in [0, 0.05) is 12.8 Å². The Bertz CT molecular complexity index is 697. The van der Waals surface area contributed by atoms with E-state index >= 15 is 0 Å². The summed E-state index contributed by atoms with van der Waals surface area (Å²) in [7, 11) is 2.80. The summed E-state index contributed by atoms with van der Waals surface area (Å²) in [5, 5.41) is 2.81. The first kappa shape index (κ1) is 16.7. The first-order valence-electron chi connectivity index (χ1n) is 7.15. The monoisotopic (exact) mass is 313 g/mol. The van der Waals surface area contributed by atoms with Gasteiger partial charge in [-0.05, 0) is 30.2 Å². The van der Waals surface area contributed by atoms with E-state index in [4.69, 9.17) is 9.47 Å². The molecule has 1 amide bonds. The summed E-state index contributed by atoms with van der Waals surface area (Å²) in [6, 6.07) is 14.3. The molecule has 0 bridgehead atoms. The highest BCUT2D eigenvalue weighted by Gasteiger charge is 2.21. The molecule has 0 aliphatic heterocycles. The number of methoxy groups -OCH3 is 2. The molecule has 5 nitrogen and oxygen atoms in total. The second-order valence-corrected chi connectivity index (χ2v) is 4.99. The average molecular weight is 313 g/mol. The fourth-order valence-corrected chi connectivity index (χ4v) is 2.32. The van der Waals surface area contributed by atoms with Crippen LogP contribution < -0.4 is 5.32 Å². The van der Waals surface area contributed by atoms with Gasteiger partial charge in [0.1, 0.15) is 0 Å². The topological polar surface area (TPSA) is 64.6 Å². The summed E-state index contributed by atoms with van der Waals surface area (Å²) >= 11 is 0. The standard InChI is InChI=1S/C18H19NO4/c1-12-14(18(21)23-3)10-7-11-15(12)19-17(20)16(22-2)13-8-5-4-6-9-13/h4-11,16H,1-3H3,(H,19,20)/t16-/m0/s1. The number of esters is 1. The van der Waals surface area contributed by atoms with Crippen molar-refractivity contribution in [2.75, 3.05) is 19.5 Å². The molecule has 0 radical (unpaired) electrons. The molecule has 0 aliphatic rings. The first-order valence-corrected chi connectivity index (χ1v) is 7.15. The van der Waals surface area contributed by atoms with Crippen LogP contribution in [0.3, 0.4) is 0 Å². The minimum Gasteiger partial charge on any atom is -0.465 e. The molecule has 0 saturated heterocycles. The van der Waals surface area contributed by atoms with Gasteiger partial charge in [-0.1, -0.05) is 36.4 Å². The van der Waals surface area contributed by atoms with Crippen LogP contribution in [-0.4, -0.2) is 26.1 Å². The van der Waals surface area contributed by atoms with E-state index < -0.39 is 12.1 Å². The lowest BCUT2D eigenvalue weighted by Crippen LogP contribution is -2.23. The molecular formula is C18H19NO4. The number of benzene rings is 2. The molecule has 0 spiro atoms. The minimum absolute atomic E-state index is 0.302. The molecule has 2 rings (SSSR count). The third-order valence-electron chi connectivity index (χ3n) is 3.57. The SMILES string of the molecule is COC(=O)c1cccc(NC(=O)[C@@H](OC)c2ccccc2)c1C. The number of amides is 1. The molecule has 0 saturated carbocycles. The molecule has 1 N–H and O–H groups in total.